The number of aliphatic hydroxyl groups is 1. The number of carbonyl (C=O) groups is 2. The van der Waals surface area contributed by atoms with Crippen molar-refractivity contribution in [3.63, 3.8) is 0 Å². The average molecular weight is 524 g/mol. The van der Waals surface area contributed by atoms with Crippen LogP contribution in [0.15, 0.2) is 103 Å². The third kappa shape index (κ3) is 4.99. The molecule has 1 aliphatic heterocycles. The molecule has 0 saturated carbocycles. The van der Waals surface area contributed by atoms with Crippen molar-refractivity contribution in [2.45, 2.75) is 19.6 Å². The van der Waals surface area contributed by atoms with Crippen LogP contribution in [0.1, 0.15) is 28.3 Å². The number of aliphatic hydroxyl groups excluding tert-OH is 1. The summed E-state index contributed by atoms with van der Waals surface area (Å²) in [6.07, 6.45) is 0. The zero-order chi connectivity index (χ0) is 27.5. The third-order valence-electron chi connectivity index (χ3n) is 6.65. The number of nitrogens with zero attached hydrogens (tertiary/aromatic N) is 1. The van der Waals surface area contributed by atoms with E-state index >= 15 is 0 Å². The van der Waals surface area contributed by atoms with E-state index in [2.05, 4.69) is 0 Å². The molecule has 1 amide bonds. The molecule has 1 unspecified atom stereocenters. The number of hydrogen-bond donors (Lipinski definition) is 1. The summed E-state index contributed by atoms with van der Waals surface area (Å²) in [5, 5.41) is 11.5. The van der Waals surface area contributed by atoms with E-state index < -0.39 is 23.5 Å². The van der Waals surface area contributed by atoms with E-state index in [-0.39, 0.29) is 17.0 Å². The summed E-state index contributed by atoms with van der Waals surface area (Å²) in [7, 11) is 1.48. The molecule has 1 N–H and O–H groups in total. The zero-order valence-electron chi connectivity index (χ0n) is 21.4. The molecule has 1 aliphatic rings. The molecule has 0 aliphatic carbocycles. The van der Waals surface area contributed by atoms with Crippen molar-refractivity contribution in [3.8, 4) is 11.5 Å². The van der Waals surface area contributed by atoms with Crippen LogP contribution in [0.4, 0.5) is 10.1 Å². The molecule has 6 nitrogen and oxygen atoms in total. The minimum absolute atomic E-state index is 0.119. The zero-order valence-corrected chi connectivity index (χ0v) is 21.4. The lowest BCUT2D eigenvalue weighted by Gasteiger charge is -2.26. The number of para-hydroxylation sites is 1. The van der Waals surface area contributed by atoms with Crippen molar-refractivity contribution in [3.05, 3.63) is 131 Å². The van der Waals surface area contributed by atoms with Crippen LogP contribution in [0.25, 0.3) is 5.76 Å². The summed E-state index contributed by atoms with van der Waals surface area (Å²) in [6.45, 7) is 2.21. The predicted molar refractivity (Wildman–Crippen MR) is 146 cm³/mol. The van der Waals surface area contributed by atoms with Crippen LogP contribution in [-0.2, 0) is 16.2 Å². The third-order valence-corrected chi connectivity index (χ3v) is 6.65. The topological polar surface area (TPSA) is 76.1 Å². The summed E-state index contributed by atoms with van der Waals surface area (Å²) in [5.74, 6) is -1.63. The highest BCUT2D eigenvalue weighted by molar-refractivity contribution is 6.51. The largest absolute Gasteiger partial charge is 0.507 e. The van der Waals surface area contributed by atoms with Crippen molar-refractivity contribution >= 4 is 23.1 Å². The molecular formula is C32H26FNO5. The number of anilines is 1. The maximum atomic E-state index is 14.2. The van der Waals surface area contributed by atoms with Crippen molar-refractivity contribution in [2.24, 2.45) is 0 Å². The second-order valence-electron chi connectivity index (χ2n) is 9.15. The number of ether oxygens (including phenoxy) is 2. The van der Waals surface area contributed by atoms with Crippen molar-refractivity contribution < 1.29 is 28.6 Å². The number of Topliss-reactive ketones (excluding diaryl/α,β-unsaturated/α-hetero) is 1. The van der Waals surface area contributed by atoms with Crippen LogP contribution in [0.2, 0.25) is 0 Å². The first-order valence-electron chi connectivity index (χ1n) is 12.4. The van der Waals surface area contributed by atoms with Crippen LogP contribution in [0, 0.1) is 12.7 Å². The van der Waals surface area contributed by atoms with Gasteiger partial charge in [0.15, 0.2) is 0 Å². The Morgan fingerprint density at radius 2 is 1.64 bits per heavy atom. The van der Waals surface area contributed by atoms with Crippen molar-refractivity contribution in [1.82, 2.24) is 0 Å². The van der Waals surface area contributed by atoms with Gasteiger partial charge < -0.3 is 14.6 Å². The van der Waals surface area contributed by atoms with Crippen LogP contribution in [0.3, 0.4) is 0 Å². The van der Waals surface area contributed by atoms with Gasteiger partial charge in [0.05, 0.1) is 18.7 Å². The Kier molecular flexibility index (Phi) is 7.14. The Balaban J connectivity index is 1.59. The van der Waals surface area contributed by atoms with Gasteiger partial charge in [-0.1, -0.05) is 54.6 Å². The van der Waals surface area contributed by atoms with Gasteiger partial charge in [-0.2, -0.15) is 0 Å². The van der Waals surface area contributed by atoms with Gasteiger partial charge in [0.1, 0.15) is 29.7 Å². The quantitative estimate of drug-likeness (QED) is 0.174. The van der Waals surface area contributed by atoms with E-state index in [4.69, 9.17) is 9.47 Å². The first-order chi connectivity index (χ1) is 18.9. The lowest BCUT2D eigenvalue weighted by atomic mass is 9.94. The van der Waals surface area contributed by atoms with Gasteiger partial charge in [0.2, 0.25) is 0 Å². The highest BCUT2D eigenvalue weighted by atomic mass is 19.1. The highest BCUT2D eigenvalue weighted by Crippen LogP contribution is 2.45. The number of benzene rings is 4. The van der Waals surface area contributed by atoms with Gasteiger partial charge in [-0.25, -0.2) is 4.39 Å². The van der Waals surface area contributed by atoms with Crippen molar-refractivity contribution in [1.29, 1.82) is 0 Å². The fraction of sp³-hybridized carbons (Fsp3) is 0.125. The molecule has 1 atom stereocenters. The Morgan fingerprint density at radius 1 is 0.897 bits per heavy atom. The van der Waals surface area contributed by atoms with Gasteiger partial charge in [0.25, 0.3) is 11.7 Å². The number of aryl methyl sites for hydroxylation is 1. The van der Waals surface area contributed by atoms with E-state index in [1.165, 1.54) is 30.2 Å². The maximum Gasteiger partial charge on any atom is 0.300 e. The lowest BCUT2D eigenvalue weighted by molar-refractivity contribution is -0.132. The molecule has 196 valence electrons. The smallest absolute Gasteiger partial charge is 0.300 e. The van der Waals surface area contributed by atoms with Crippen LogP contribution < -0.4 is 14.4 Å². The molecule has 7 heteroatoms. The summed E-state index contributed by atoms with van der Waals surface area (Å²) >= 11 is 0. The number of hydrogen-bond acceptors (Lipinski definition) is 5. The van der Waals surface area contributed by atoms with E-state index in [0.29, 0.717) is 29.2 Å². The molecule has 0 aromatic heterocycles. The first kappa shape index (κ1) is 25.7. The number of methoxy groups -OCH3 is 1. The fourth-order valence-corrected chi connectivity index (χ4v) is 4.76. The second kappa shape index (κ2) is 10.8. The van der Waals surface area contributed by atoms with E-state index in [0.717, 1.165) is 11.1 Å². The maximum absolute atomic E-state index is 14.2. The molecule has 1 fully saturated rings. The second-order valence-corrected chi connectivity index (χ2v) is 9.15. The monoisotopic (exact) mass is 523 g/mol. The van der Waals surface area contributed by atoms with E-state index in [1.807, 2.05) is 37.3 Å². The van der Waals surface area contributed by atoms with Crippen LogP contribution in [-0.4, -0.2) is 23.9 Å². The normalized spacial score (nSPS) is 16.4. The Bertz CT molecular complexity index is 1580. The molecule has 4 aromatic rings. The number of ketones is 1. The lowest BCUT2D eigenvalue weighted by Crippen LogP contribution is -2.29. The minimum Gasteiger partial charge on any atom is -0.507 e. The molecule has 5 rings (SSSR count). The van der Waals surface area contributed by atoms with E-state index in [1.54, 1.807) is 48.5 Å². The van der Waals surface area contributed by atoms with Crippen LogP contribution in [0.5, 0.6) is 11.5 Å². The van der Waals surface area contributed by atoms with E-state index in [9.17, 15) is 19.1 Å². The molecule has 0 bridgehead atoms. The fourth-order valence-electron chi connectivity index (χ4n) is 4.76. The first-order valence-corrected chi connectivity index (χ1v) is 12.4. The number of halogens is 1. The summed E-state index contributed by atoms with van der Waals surface area (Å²) in [5.41, 5.74) is 2.64. The SMILES string of the molecule is COc1ccccc1C1/C(=C(\O)c2ccc(OCc3ccccc3)c(C)c2)C(=O)C(=O)N1c1cccc(F)c1. The molecular weight excluding hydrogens is 497 g/mol. The minimum atomic E-state index is -1.04. The van der Waals surface area contributed by atoms with Gasteiger partial charge >= 0.3 is 0 Å². The summed E-state index contributed by atoms with van der Waals surface area (Å²) in [4.78, 5) is 27.9. The predicted octanol–water partition coefficient (Wildman–Crippen LogP) is 6.35. The summed E-state index contributed by atoms with van der Waals surface area (Å²) < 4.78 is 25.6. The molecule has 0 radical (unpaired) electrons. The average Bonchev–Trinajstić information content (AvgIpc) is 3.22. The van der Waals surface area contributed by atoms with Gasteiger partial charge in [0, 0.05) is 16.8 Å². The molecule has 0 spiro atoms. The van der Waals surface area contributed by atoms with Gasteiger partial charge in [-0.3, -0.25) is 14.5 Å². The number of amides is 1. The Hall–Kier alpha value is -4.91. The Labute approximate surface area is 225 Å². The Morgan fingerprint density at radius 3 is 2.36 bits per heavy atom. The standard InChI is InChI=1S/C32H26FNO5/c1-20-17-22(15-16-26(20)39-19-21-9-4-3-5-10-21)30(35)28-29(25-13-6-7-14-27(25)38-2)34(32(37)31(28)36)24-12-8-11-23(33)18-24/h3-18,29,35H,19H2,1-2H3/b30-28+. The number of rotatable bonds is 7. The molecule has 1 saturated heterocycles. The highest BCUT2D eigenvalue weighted by Gasteiger charge is 2.48. The molecule has 39 heavy (non-hydrogen) atoms. The van der Waals surface area contributed by atoms with Crippen LogP contribution >= 0.6 is 0 Å². The molecule has 1 heterocycles. The van der Waals surface area contributed by atoms with Gasteiger partial charge in [-0.05, 0) is 60.5 Å². The van der Waals surface area contributed by atoms with Gasteiger partial charge in [-0.15, -0.1) is 0 Å². The van der Waals surface area contributed by atoms with Crippen molar-refractivity contribution in [2.75, 3.05) is 12.0 Å². The summed E-state index contributed by atoms with van der Waals surface area (Å²) in [6, 6.07) is 26.1. The number of carbonyl (C=O) groups excluding carboxylic acids is 2. The molecule has 4 aromatic carbocycles.